The first-order valence-electron chi connectivity index (χ1n) is 7.27. The zero-order valence-electron chi connectivity index (χ0n) is 13.5. The lowest BCUT2D eigenvalue weighted by atomic mass is 10.0. The highest BCUT2D eigenvalue weighted by molar-refractivity contribution is 5.25. The van der Waals surface area contributed by atoms with Crippen molar-refractivity contribution < 1.29 is 0 Å². The Hall–Kier alpha value is -1.73. The lowest BCUT2D eigenvalue weighted by molar-refractivity contribution is 0.458. The van der Waals surface area contributed by atoms with Crippen LogP contribution >= 0.6 is 0 Å². The largest absolute Gasteiger partial charge is 0.272 e. The van der Waals surface area contributed by atoms with Gasteiger partial charge in [0.1, 0.15) is 12.2 Å². The number of hydrazine groups is 1. The van der Waals surface area contributed by atoms with Crippen LogP contribution in [0.1, 0.15) is 42.7 Å². The average Bonchev–Trinajstić information content (AvgIpc) is 2.98. The molecule has 0 bridgehead atoms. The number of nitrogens with zero attached hydrogens (tertiary/aromatic N) is 5. The number of hydrogen-bond donors (Lipinski definition) is 2. The maximum absolute atomic E-state index is 5.74. The molecule has 21 heavy (non-hydrogen) atoms. The first kappa shape index (κ1) is 15.7. The van der Waals surface area contributed by atoms with Crippen LogP contribution in [0.25, 0.3) is 0 Å². The van der Waals surface area contributed by atoms with Gasteiger partial charge < -0.3 is 0 Å². The van der Waals surface area contributed by atoms with E-state index in [9.17, 15) is 0 Å². The van der Waals surface area contributed by atoms with E-state index in [4.69, 9.17) is 5.84 Å². The number of rotatable bonds is 6. The fourth-order valence-electron chi connectivity index (χ4n) is 2.62. The Morgan fingerprint density at radius 3 is 2.52 bits per heavy atom. The van der Waals surface area contributed by atoms with Crippen LogP contribution in [0, 0.1) is 13.8 Å². The second-order valence-corrected chi connectivity index (χ2v) is 5.76. The molecule has 0 aliphatic rings. The first-order chi connectivity index (χ1) is 9.93. The van der Waals surface area contributed by atoms with E-state index in [1.807, 2.05) is 23.3 Å². The maximum atomic E-state index is 5.74. The minimum absolute atomic E-state index is 0.105. The summed E-state index contributed by atoms with van der Waals surface area (Å²) in [6, 6.07) is 0.399. The molecule has 1 atom stereocenters. The third-order valence-electron chi connectivity index (χ3n) is 3.91. The van der Waals surface area contributed by atoms with Crippen LogP contribution in [0.5, 0.6) is 0 Å². The van der Waals surface area contributed by atoms with E-state index >= 15 is 0 Å². The van der Waals surface area contributed by atoms with Gasteiger partial charge in [-0.1, -0.05) is 0 Å². The summed E-state index contributed by atoms with van der Waals surface area (Å²) in [6.07, 6.45) is 3.17. The second kappa shape index (κ2) is 6.36. The van der Waals surface area contributed by atoms with Gasteiger partial charge in [-0.15, -0.1) is 0 Å². The minimum atomic E-state index is 0.105. The van der Waals surface area contributed by atoms with Gasteiger partial charge in [0.05, 0.1) is 5.69 Å². The highest BCUT2D eigenvalue weighted by atomic mass is 15.3. The maximum Gasteiger partial charge on any atom is 0.138 e. The summed E-state index contributed by atoms with van der Waals surface area (Å²) >= 11 is 0. The van der Waals surface area contributed by atoms with Crippen molar-refractivity contribution in [2.24, 2.45) is 12.9 Å². The SMILES string of the molecule is Cc1nn(C)c(C)c1CC(Cc1ncnn1C(C)C)NN. The molecule has 2 aromatic rings. The highest BCUT2D eigenvalue weighted by Gasteiger charge is 2.18. The van der Waals surface area contributed by atoms with Crippen molar-refractivity contribution in [3.05, 3.63) is 29.1 Å². The van der Waals surface area contributed by atoms with Gasteiger partial charge in [0.25, 0.3) is 0 Å². The number of aromatic nitrogens is 5. The summed E-state index contributed by atoms with van der Waals surface area (Å²) in [4.78, 5) is 4.35. The fourth-order valence-corrected chi connectivity index (χ4v) is 2.62. The van der Waals surface area contributed by atoms with Crippen molar-refractivity contribution in [1.82, 2.24) is 30.0 Å². The smallest absolute Gasteiger partial charge is 0.138 e. The van der Waals surface area contributed by atoms with Gasteiger partial charge in [0.2, 0.25) is 0 Å². The molecule has 0 radical (unpaired) electrons. The van der Waals surface area contributed by atoms with Crippen LogP contribution in [-0.4, -0.2) is 30.6 Å². The van der Waals surface area contributed by atoms with Crippen molar-refractivity contribution in [1.29, 1.82) is 0 Å². The molecule has 0 aliphatic heterocycles. The molecule has 0 saturated carbocycles. The molecule has 3 N–H and O–H groups in total. The van der Waals surface area contributed by atoms with E-state index < -0.39 is 0 Å². The molecule has 7 nitrogen and oxygen atoms in total. The number of nitrogens with two attached hydrogens (primary N) is 1. The lowest BCUT2D eigenvalue weighted by Crippen LogP contribution is -2.39. The van der Waals surface area contributed by atoms with Crippen LogP contribution in [-0.2, 0) is 19.9 Å². The predicted octanol–water partition coefficient (Wildman–Crippen LogP) is 0.826. The molecule has 0 spiro atoms. The van der Waals surface area contributed by atoms with Gasteiger partial charge >= 0.3 is 0 Å². The third-order valence-corrected chi connectivity index (χ3v) is 3.91. The van der Waals surface area contributed by atoms with Gasteiger partial charge in [-0.3, -0.25) is 16.0 Å². The lowest BCUT2D eigenvalue weighted by Gasteiger charge is -2.17. The van der Waals surface area contributed by atoms with Crippen LogP contribution in [0.3, 0.4) is 0 Å². The number of nitrogens with one attached hydrogen (secondary N) is 1. The van der Waals surface area contributed by atoms with Crippen LogP contribution in [0.2, 0.25) is 0 Å². The Morgan fingerprint density at radius 1 is 1.29 bits per heavy atom. The summed E-state index contributed by atoms with van der Waals surface area (Å²) in [6.45, 7) is 8.31. The molecule has 0 aliphatic carbocycles. The van der Waals surface area contributed by atoms with Crippen LogP contribution < -0.4 is 11.3 Å². The minimum Gasteiger partial charge on any atom is -0.272 e. The van der Waals surface area contributed by atoms with Crippen LogP contribution in [0.4, 0.5) is 0 Å². The molecule has 116 valence electrons. The molecule has 7 heteroatoms. The summed E-state index contributed by atoms with van der Waals surface area (Å²) in [5.74, 6) is 6.69. The Bertz CT molecular complexity index is 596. The molecule has 0 fully saturated rings. The molecule has 2 aromatic heterocycles. The normalized spacial score (nSPS) is 13.1. The first-order valence-corrected chi connectivity index (χ1v) is 7.27. The van der Waals surface area contributed by atoms with Gasteiger partial charge in [-0.2, -0.15) is 10.2 Å². The van der Waals surface area contributed by atoms with E-state index in [0.717, 1.165) is 24.4 Å². The average molecular weight is 291 g/mol. The Labute approximate surface area is 125 Å². The van der Waals surface area contributed by atoms with Crippen molar-refractivity contribution in [2.75, 3.05) is 0 Å². The van der Waals surface area contributed by atoms with E-state index in [1.165, 1.54) is 11.3 Å². The van der Waals surface area contributed by atoms with Crippen molar-refractivity contribution >= 4 is 0 Å². The van der Waals surface area contributed by atoms with Crippen molar-refractivity contribution in [2.45, 2.75) is 52.6 Å². The number of hydrogen-bond acceptors (Lipinski definition) is 5. The van der Waals surface area contributed by atoms with Crippen molar-refractivity contribution in [3.63, 3.8) is 0 Å². The Kier molecular flexibility index (Phi) is 4.74. The topological polar surface area (TPSA) is 86.6 Å². The van der Waals surface area contributed by atoms with Gasteiger partial charge in [-0.25, -0.2) is 9.67 Å². The standard InChI is InChI=1S/C14H25N7/c1-9(2)21-14(16-8-17-21)7-12(18-15)6-13-10(3)19-20(5)11(13)4/h8-9,12,18H,6-7,15H2,1-5H3. The molecule has 2 heterocycles. The number of aryl methyl sites for hydroxylation is 2. The zero-order chi connectivity index (χ0) is 15.6. The fraction of sp³-hybridized carbons (Fsp3) is 0.643. The molecular weight excluding hydrogens is 266 g/mol. The second-order valence-electron chi connectivity index (χ2n) is 5.76. The molecular formula is C14H25N7. The quantitative estimate of drug-likeness (QED) is 0.608. The van der Waals surface area contributed by atoms with Crippen molar-refractivity contribution in [3.8, 4) is 0 Å². The molecule has 0 amide bonds. The highest BCUT2D eigenvalue weighted by Crippen LogP contribution is 2.16. The van der Waals surface area contributed by atoms with E-state index in [1.54, 1.807) is 6.33 Å². The molecule has 0 saturated heterocycles. The zero-order valence-corrected chi connectivity index (χ0v) is 13.5. The molecule has 2 rings (SSSR count). The Balaban J connectivity index is 2.15. The van der Waals surface area contributed by atoms with Gasteiger partial charge in [0.15, 0.2) is 0 Å². The molecule has 0 aromatic carbocycles. The Morgan fingerprint density at radius 2 is 2.00 bits per heavy atom. The molecule has 1 unspecified atom stereocenters. The summed E-state index contributed by atoms with van der Waals surface area (Å²) in [5.41, 5.74) is 6.38. The summed E-state index contributed by atoms with van der Waals surface area (Å²) in [5, 5.41) is 8.73. The third kappa shape index (κ3) is 3.30. The van der Waals surface area contributed by atoms with E-state index in [2.05, 4.69) is 41.4 Å². The summed E-state index contributed by atoms with van der Waals surface area (Å²) in [7, 11) is 1.96. The predicted molar refractivity (Wildman–Crippen MR) is 81.6 cm³/mol. The monoisotopic (exact) mass is 291 g/mol. The van der Waals surface area contributed by atoms with E-state index in [0.29, 0.717) is 6.04 Å². The van der Waals surface area contributed by atoms with Gasteiger partial charge in [0, 0.05) is 31.2 Å². The van der Waals surface area contributed by atoms with Crippen LogP contribution in [0.15, 0.2) is 6.33 Å². The van der Waals surface area contributed by atoms with Gasteiger partial charge in [-0.05, 0) is 39.7 Å². The van der Waals surface area contributed by atoms with E-state index in [-0.39, 0.29) is 6.04 Å². The summed E-state index contributed by atoms with van der Waals surface area (Å²) < 4.78 is 3.85.